The second kappa shape index (κ2) is 5.47. The minimum Gasteiger partial charge on any atom is -0.292 e. The van der Waals surface area contributed by atoms with Gasteiger partial charge in [0.05, 0.1) is 9.24 Å². The highest BCUT2D eigenvalue weighted by atomic mass is 15.1. The first-order valence-electron chi connectivity index (χ1n) is 7.30. The van der Waals surface area contributed by atoms with Gasteiger partial charge in [-0.3, -0.25) is 4.90 Å². The zero-order chi connectivity index (χ0) is 15.6. The monoisotopic (exact) mass is 193 g/mol. The van der Waals surface area contributed by atoms with Crippen LogP contribution in [-0.2, 0) is 6.42 Å². The Morgan fingerprint density at radius 2 is 2.36 bits per heavy atom. The molecule has 0 spiro atoms. The predicted molar refractivity (Wildman–Crippen MR) is 61.1 cm³/mol. The van der Waals surface area contributed by atoms with Crippen molar-refractivity contribution in [1.82, 2.24) is 4.90 Å². The van der Waals surface area contributed by atoms with Crippen LogP contribution in [0.5, 0.6) is 0 Å². The lowest BCUT2D eigenvalue weighted by atomic mass is 10.1. The summed E-state index contributed by atoms with van der Waals surface area (Å²) in [6.07, 6.45) is 4.96. The van der Waals surface area contributed by atoms with Crippen LogP contribution in [0.2, 0.25) is 0 Å². The Hall–Kier alpha value is -1.26. The molecule has 0 aliphatic rings. The summed E-state index contributed by atoms with van der Waals surface area (Å²) in [5.41, 5.74) is 0.637. The summed E-state index contributed by atoms with van der Waals surface area (Å²) in [7, 11) is 1.22. The normalized spacial score (nSPS) is 22.9. The lowest BCUT2D eigenvalue weighted by molar-refractivity contribution is 0.287. The summed E-state index contributed by atoms with van der Waals surface area (Å²) in [4.78, 5) is 0.792. The highest BCUT2D eigenvalue weighted by Crippen LogP contribution is 2.06. The van der Waals surface area contributed by atoms with Gasteiger partial charge in [-0.2, -0.15) is 0 Å². The highest BCUT2D eigenvalue weighted by molar-refractivity contribution is 5.15. The van der Waals surface area contributed by atoms with Gasteiger partial charge in [0.25, 0.3) is 0 Å². The molecule has 1 nitrogen and oxygen atoms in total. The van der Waals surface area contributed by atoms with Gasteiger partial charge in [0.1, 0.15) is 0 Å². The maximum absolute atomic E-state index is 8.30. The molecule has 1 aromatic carbocycles. The molecule has 0 amide bonds. The van der Waals surface area contributed by atoms with Gasteiger partial charge in [-0.05, 0) is 25.9 Å². The number of hydrogen-bond acceptors (Lipinski definition) is 1. The minimum atomic E-state index is -2.71. The fourth-order valence-electron chi connectivity index (χ4n) is 1.07. The van der Waals surface area contributed by atoms with Crippen molar-refractivity contribution < 1.29 is 8.22 Å². The smallest absolute Gasteiger partial charge is 0.0598 e. The standard InChI is InChI=1S/C13H17N/c1-4-10-14(3)12(2)11-13-8-6-5-7-9-13/h1,5-9,12H,10-11H2,2-3H3/t12-/m1/s1/i2D3,10D2,12D. The van der Waals surface area contributed by atoms with Crippen molar-refractivity contribution in [2.24, 2.45) is 0 Å². The highest BCUT2D eigenvalue weighted by Gasteiger charge is 2.07. The molecule has 1 aromatic rings. The van der Waals surface area contributed by atoms with Crippen molar-refractivity contribution in [1.29, 1.82) is 0 Å². The van der Waals surface area contributed by atoms with Gasteiger partial charge >= 0.3 is 0 Å². The Morgan fingerprint density at radius 3 is 2.93 bits per heavy atom. The Balaban J connectivity index is 3.22. The molecule has 1 rings (SSSR count). The predicted octanol–water partition coefficient (Wildman–Crippen LogP) is 2.18. The molecule has 0 unspecified atom stereocenters. The van der Waals surface area contributed by atoms with Crippen molar-refractivity contribution in [3.05, 3.63) is 35.9 Å². The summed E-state index contributed by atoms with van der Waals surface area (Å²) in [5, 5.41) is 0. The van der Waals surface area contributed by atoms with Gasteiger partial charge in [0.15, 0.2) is 0 Å². The molecule has 0 aliphatic carbocycles. The van der Waals surface area contributed by atoms with Crippen LogP contribution in [-0.4, -0.2) is 24.5 Å². The van der Waals surface area contributed by atoms with E-state index >= 15 is 0 Å². The molecule has 1 atom stereocenters. The number of benzene rings is 1. The van der Waals surface area contributed by atoms with E-state index in [2.05, 4.69) is 0 Å². The quantitative estimate of drug-likeness (QED) is 0.663. The van der Waals surface area contributed by atoms with Gasteiger partial charge in [-0.25, -0.2) is 0 Å². The Labute approximate surface area is 95.2 Å². The van der Waals surface area contributed by atoms with E-state index < -0.39 is 19.4 Å². The van der Waals surface area contributed by atoms with E-state index in [1.807, 2.05) is 5.92 Å². The zero-order valence-corrected chi connectivity index (χ0v) is 8.12. The molecule has 14 heavy (non-hydrogen) atoms. The number of nitrogens with zero attached hydrogens (tertiary/aromatic N) is 1. The van der Waals surface area contributed by atoms with Crippen LogP contribution < -0.4 is 0 Å². The third kappa shape index (κ3) is 3.24. The second-order valence-electron chi connectivity index (χ2n) is 2.92. The second-order valence-corrected chi connectivity index (χ2v) is 2.92. The van der Waals surface area contributed by atoms with Crippen LogP contribution in [0.4, 0.5) is 0 Å². The first-order valence-corrected chi connectivity index (χ1v) is 4.30. The van der Waals surface area contributed by atoms with E-state index in [-0.39, 0.29) is 6.42 Å². The molecule has 0 saturated carbocycles. The Bertz CT molecular complexity index is 490. The van der Waals surface area contributed by atoms with Crippen LogP contribution >= 0.6 is 0 Å². The van der Waals surface area contributed by atoms with Crippen molar-refractivity contribution in [2.45, 2.75) is 19.3 Å². The Morgan fingerprint density at radius 1 is 1.64 bits per heavy atom. The molecule has 1 heteroatoms. The fraction of sp³-hybridized carbons (Fsp3) is 0.385. The van der Waals surface area contributed by atoms with E-state index in [0.717, 1.165) is 4.90 Å². The Kier molecular flexibility index (Phi) is 1.95. The third-order valence-electron chi connectivity index (χ3n) is 1.85. The van der Waals surface area contributed by atoms with E-state index in [4.69, 9.17) is 14.6 Å². The minimum absolute atomic E-state index is 0.151. The molecule has 0 radical (unpaired) electrons. The molecular weight excluding hydrogens is 170 g/mol. The fourth-order valence-corrected chi connectivity index (χ4v) is 1.07. The molecule has 74 valence electrons. The molecule has 0 fully saturated rings. The van der Waals surface area contributed by atoms with E-state index in [1.54, 1.807) is 30.3 Å². The van der Waals surface area contributed by atoms with Crippen LogP contribution in [0.15, 0.2) is 30.3 Å². The van der Waals surface area contributed by atoms with Crippen LogP contribution in [0.1, 0.15) is 20.6 Å². The summed E-state index contributed by atoms with van der Waals surface area (Å²) in [5.74, 6) is 1.89. The van der Waals surface area contributed by atoms with E-state index in [1.165, 1.54) is 7.05 Å². The lowest BCUT2D eigenvalue weighted by Gasteiger charge is -2.22. The van der Waals surface area contributed by atoms with Crippen molar-refractivity contribution in [2.75, 3.05) is 13.5 Å². The van der Waals surface area contributed by atoms with Gasteiger partial charge in [-0.1, -0.05) is 36.3 Å². The van der Waals surface area contributed by atoms with Gasteiger partial charge < -0.3 is 0 Å². The summed E-state index contributed by atoms with van der Waals surface area (Å²) in [6, 6.07) is 6.53. The summed E-state index contributed by atoms with van der Waals surface area (Å²) in [6.45, 7) is -5.02. The molecule has 0 heterocycles. The van der Waals surface area contributed by atoms with Crippen molar-refractivity contribution in [3.63, 3.8) is 0 Å². The third-order valence-corrected chi connectivity index (χ3v) is 1.85. The van der Waals surface area contributed by atoms with E-state index in [0.29, 0.717) is 5.56 Å². The topological polar surface area (TPSA) is 3.24 Å². The molecule has 0 aliphatic heterocycles. The number of likely N-dealkylation sites (N-methyl/N-ethyl adjacent to an activating group) is 1. The SMILES string of the molecule is [2H]C([2H])(C#C)N(C)[C@@]([2H])(Cc1ccccc1)C([2H])([2H])[2H]. The van der Waals surface area contributed by atoms with Gasteiger partial charge in [0, 0.05) is 11.5 Å². The molecule has 0 aromatic heterocycles. The number of hydrogen-bond donors (Lipinski definition) is 0. The molecule has 0 bridgehead atoms. The van der Waals surface area contributed by atoms with Crippen LogP contribution in [0, 0.1) is 12.3 Å². The average Bonchev–Trinajstić information content (AvgIpc) is 2.37. The first-order chi connectivity index (χ1) is 9.04. The first kappa shape index (κ1) is 5.00. The van der Waals surface area contributed by atoms with Crippen molar-refractivity contribution >= 4 is 0 Å². The van der Waals surface area contributed by atoms with Gasteiger partial charge in [0.2, 0.25) is 0 Å². The summed E-state index contributed by atoms with van der Waals surface area (Å²) < 4.78 is 46.4. The van der Waals surface area contributed by atoms with Crippen LogP contribution in [0.25, 0.3) is 0 Å². The number of rotatable bonds is 4. The van der Waals surface area contributed by atoms with Crippen molar-refractivity contribution in [3.8, 4) is 12.3 Å². The number of terminal acetylenes is 1. The molecule has 0 saturated heterocycles. The van der Waals surface area contributed by atoms with E-state index in [9.17, 15) is 0 Å². The largest absolute Gasteiger partial charge is 0.292 e. The van der Waals surface area contributed by atoms with Crippen LogP contribution in [0.3, 0.4) is 0 Å². The maximum atomic E-state index is 8.30. The molecule has 0 N–H and O–H groups in total. The average molecular weight is 193 g/mol. The summed E-state index contributed by atoms with van der Waals surface area (Å²) >= 11 is 0. The zero-order valence-electron chi connectivity index (χ0n) is 14.1. The lowest BCUT2D eigenvalue weighted by Crippen LogP contribution is -2.31. The molecular formula is C13H17N. The maximum Gasteiger partial charge on any atom is 0.0598 e. The van der Waals surface area contributed by atoms with Gasteiger partial charge in [-0.15, -0.1) is 6.42 Å².